The average Bonchev–Trinajstić information content (AvgIpc) is 2.93. The number of aromatic hydroxyl groups is 1. The number of hydrogen-bond donors (Lipinski definition) is 3. The van der Waals surface area contributed by atoms with E-state index in [0.717, 1.165) is 12.1 Å². The number of aryl methyl sites for hydroxylation is 1. The predicted molar refractivity (Wildman–Crippen MR) is 114 cm³/mol. The van der Waals surface area contributed by atoms with Crippen LogP contribution >= 0.6 is 28.6 Å². The lowest BCUT2D eigenvalue weighted by atomic mass is 10.00. The van der Waals surface area contributed by atoms with Gasteiger partial charge < -0.3 is 19.7 Å². The fourth-order valence-corrected chi connectivity index (χ4v) is 4.41. The highest BCUT2D eigenvalue weighted by molar-refractivity contribution is 9.10. The Bertz CT molecular complexity index is 1130. The van der Waals surface area contributed by atoms with Gasteiger partial charge in [0.25, 0.3) is 0 Å². The predicted octanol–water partition coefficient (Wildman–Crippen LogP) is 4.70. The van der Waals surface area contributed by atoms with Gasteiger partial charge >= 0.3 is 5.97 Å². The maximum absolute atomic E-state index is 13.8. The van der Waals surface area contributed by atoms with E-state index >= 15 is 0 Å². The second-order valence-electron chi connectivity index (χ2n) is 7.02. The SMILES string of the molecule is CN(C)Cc1c(O)c(Br)cc2c1c(C(=O)O)c(C(S)c1ccc(F)c(F)c1)n2C. The van der Waals surface area contributed by atoms with Gasteiger partial charge in [-0.1, -0.05) is 6.07 Å². The smallest absolute Gasteiger partial charge is 0.338 e. The van der Waals surface area contributed by atoms with E-state index < -0.39 is 22.9 Å². The molecule has 2 N–H and O–H groups in total. The molecule has 0 aliphatic heterocycles. The summed E-state index contributed by atoms with van der Waals surface area (Å²) in [5, 5.41) is 20.1. The minimum absolute atomic E-state index is 0.0353. The van der Waals surface area contributed by atoms with Crippen LogP contribution < -0.4 is 0 Å². The highest BCUT2D eigenvalue weighted by Crippen LogP contribution is 2.43. The van der Waals surface area contributed by atoms with Crippen molar-refractivity contribution in [3.63, 3.8) is 0 Å². The fraction of sp³-hybridized carbons (Fsp3) is 0.250. The first-order valence-electron chi connectivity index (χ1n) is 8.58. The molecule has 0 spiro atoms. The molecule has 3 rings (SSSR count). The van der Waals surface area contributed by atoms with E-state index in [-0.39, 0.29) is 11.3 Å². The molecule has 0 saturated carbocycles. The monoisotopic (exact) mass is 484 g/mol. The number of phenols is 1. The van der Waals surface area contributed by atoms with Gasteiger partial charge in [-0.15, -0.1) is 0 Å². The van der Waals surface area contributed by atoms with Crippen molar-refractivity contribution in [1.82, 2.24) is 9.47 Å². The number of carboxylic acids is 1. The Kier molecular flexibility index (Phi) is 5.93. The summed E-state index contributed by atoms with van der Waals surface area (Å²) in [5.41, 5.74) is 1.61. The topological polar surface area (TPSA) is 65.7 Å². The van der Waals surface area contributed by atoms with Crippen LogP contribution in [0.4, 0.5) is 8.78 Å². The number of halogens is 3. The number of carboxylic acid groups (broad SMARTS) is 1. The van der Waals surface area contributed by atoms with Crippen LogP contribution in [0.25, 0.3) is 10.9 Å². The van der Waals surface area contributed by atoms with Gasteiger partial charge in [0.05, 0.1) is 26.5 Å². The number of carbonyl (C=O) groups is 1. The summed E-state index contributed by atoms with van der Waals surface area (Å²) < 4.78 is 29.2. The summed E-state index contributed by atoms with van der Waals surface area (Å²) in [6.07, 6.45) is 0. The molecule has 0 amide bonds. The highest BCUT2D eigenvalue weighted by atomic mass is 79.9. The van der Waals surface area contributed by atoms with Gasteiger partial charge in [0.1, 0.15) is 5.75 Å². The number of aromatic nitrogens is 1. The molecule has 154 valence electrons. The van der Waals surface area contributed by atoms with Gasteiger partial charge in [-0.25, -0.2) is 13.6 Å². The van der Waals surface area contributed by atoms with Crippen molar-refractivity contribution in [2.45, 2.75) is 11.8 Å². The van der Waals surface area contributed by atoms with E-state index in [2.05, 4.69) is 28.6 Å². The van der Waals surface area contributed by atoms with Crippen molar-refractivity contribution < 1.29 is 23.8 Å². The van der Waals surface area contributed by atoms with Crippen LogP contribution in [0.2, 0.25) is 0 Å². The lowest BCUT2D eigenvalue weighted by molar-refractivity contribution is 0.0697. The molecular weight excluding hydrogens is 466 g/mol. The first kappa shape index (κ1) is 21.6. The van der Waals surface area contributed by atoms with Gasteiger partial charge in [-0.2, -0.15) is 12.6 Å². The van der Waals surface area contributed by atoms with Crippen LogP contribution in [0, 0.1) is 11.6 Å². The van der Waals surface area contributed by atoms with E-state index in [1.807, 2.05) is 4.90 Å². The first-order valence-corrected chi connectivity index (χ1v) is 9.89. The van der Waals surface area contributed by atoms with Crippen LogP contribution in [-0.4, -0.2) is 39.7 Å². The summed E-state index contributed by atoms with van der Waals surface area (Å²) in [6, 6.07) is 4.99. The van der Waals surface area contributed by atoms with Crippen molar-refractivity contribution in [3.8, 4) is 5.75 Å². The Morgan fingerprint density at radius 2 is 1.93 bits per heavy atom. The quantitative estimate of drug-likeness (QED) is 0.459. The Labute approximate surface area is 180 Å². The Morgan fingerprint density at radius 1 is 1.28 bits per heavy atom. The lowest BCUT2D eigenvalue weighted by Gasteiger charge is -2.15. The second-order valence-corrected chi connectivity index (χ2v) is 8.39. The molecular formula is C20H19BrF2N2O3S. The third-order valence-corrected chi connectivity index (χ3v) is 5.92. The summed E-state index contributed by atoms with van der Waals surface area (Å²) in [6.45, 7) is 0.300. The first-order chi connectivity index (χ1) is 13.5. The van der Waals surface area contributed by atoms with E-state index in [0.29, 0.717) is 38.7 Å². The molecule has 0 aliphatic rings. The van der Waals surface area contributed by atoms with Crippen molar-refractivity contribution in [2.75, 3.05) is 14.1 Å². The molecule has 2 aromatic carbocycles. The third kappa shape index (κ3) is 3.74. The van der Waals surface area contributed by atoms with Crippen LogP contribution in [0.15, 0.2) is 28.7 Å². The van der Waals surface area contributed by atoms with Crippen LogP contribution in [-0.2, 0) is 13.6 Å². The van der Waals surface area contributed by atoms with E-state index in [1.54, 1.807) is 31.8 Å². The fourth-order valence-electron chi connectivity index (χ4n) is 3.49. The molecule has 0 bridgehead atoms. The van der Waals surface area contributed by atoms with Crippen LogP contribution in [0.5, 0.6) is 5.75 Å². The number of rotatable bonds is 5. The number of fused-ring (bicyclic) bond motifs is 1. The van der Waals surface area contributed by atoms with Crippen LogP contribution in [0.1, 0.15) is 32.4 Å². The van der Waals surface area contributed by atoms with Gasteiger partial charge in [0.2, 0.25) is 0 Å². The van der Waals surface area contributed by atoms with Gasteiger partial charge in [-0.05, 0) is 53.8 Å². The van der Waals surface area contributed by atoms with E-state index in [4.69, 9.17) is 0 Å². The maximum atomic E-state index is 13.8. The molecule has 5 nitrogen and oxygen atoms in total. The zero-order valence-electron chi connectivity index (χ0n) is 15.9. The normalized spacial score (nSPS) is 12.7. The zero-order chi connectivity index (χ0) is 21.6. The van der Waals surface area contributed by atoms with Gasteiger partial charge in [-0.3, -0.25) is 0 Å². The van der Waals surface area contributed by atoms with Gasteiger partial charge in [0.15, 0.2) is 11.6 Å². The molecule has 1 aromatic heterocycles. The summed E-state index contributed by atoms with van der Waals surface area (Å²) >= 11 is 7.86. The number of thiol groups is 1. The summed E-state index contributed by atoms with van der Waals surface area (Å²) in [7, 11) is 5.29. The van der Waals surface area contributed by atoms with Crippen molar-refractivity contribution in [3.05, 3.63) is 62.8 Å². The lowest BCUT2D eigenvalue weighted by Crippen LogP contribution is -2.12. The van der Waals surface area contributed by atoms with Crippen molar-refractivity contribution in [1.29, 1.82) is 0 Å². The molecule has 1 atom stereocenters. The molecule has 1 heterocycles. The second kappa shape index (κ2) is 7.97. The number of nitrogens with zero attached hydrogens (tertiary/aromatic N) is 2. The maximum Gasteiger partial charge on any atom is 0.338 e. The molecule has 1 unspecified atom stereocenters. The standard InChI is InChI=1S/C20H19BrF2N2O3S/c1-24(2)8-10-15-14(7-11(21)18(10)26)25(3)17(16(15)20(27)28)19(29)9-4-5-12(22)13(23)6-9/h4-7,19,26,29H,8H2,1-3H3,(H,27,28). The van der Waals surface area contributed by atoms with Crippen LogP contribution in [0.3, 0.4) is 0 Å². The summed E-state index contributed by atoms with van der Waals surface area (Å²) in [4.78, 5) is 14.1. The van der Waals surface area contributed by atoms with Gasteiger partial charge in [0, 0.05) is 24.5 Å². The molecule has 0 radical (unpaired) electrons. The molecule has 3 aromatic rings. The van der Waals surface area contributed by atoms with E-state index in [9.17, 15) is 23.8 Å². The molecule has 0 aliphatic carbocycles. The number of benzene rings is 2. The van der Waals surface area contributed by atoms with Crippen molar-refractivity contribution in [2.24, 2.45) is 7.05 Å². The Morgan fingerprint density at radius 3 is 2.48 bits per heavy atom. The highest BCUT2D eigenvalue weighted by Gasteiger charge is 2.30. The largest absolute Gasteiger partial charge is 0.506 e. The number of aromatic carboxylic acids is 1. The molecule has 9 heteroatoms. The molecule has 0 fully saturated rings. The minimum Gasteiger partial charge on any atom is -0.506 e. The third-order valence-electron chi connectivity index (χ3n) is 4.77. The average molecular weight is 485 g/mol. The summed E-state index contributed by atoms with van der Waals surface area (Å²) in [5.74, 6) is -3.28. The number of hydrogen-bond acceptors (Lipinski definition) is 4. The van der Waals surface area contributed by atoms with E-state index in [1.165, 1.54) is 6.07 Å². The molecule has 0 saturated heterocycles. The number of phenolic OH excluding ortho intramolecular Hbond substituents is 1. The zero-order valence-corrected chi connectivity index (χ0v) is 18.4. The Hall–Kier alpha value is -2.10. The molecule has 29 heavy (non-hydrogen) atoms. The minimum atomic E-state index is -1.20. The Balaban J connectivity index is 2.38. The van der Waals surface area contributed by atoms with Crippen molar-refractivity contribution >= 4 is 45.4 Å².